The molecule has 0 saturated heterocycles. The molecule has 4 nitrogen and oxygen atoms in total. The van der Waals surface area contributed by atoms with Crippen LogP contribution in [0.3, 0.4) is 0 Å². The van der Waals surface area contributed by atoms with Gasteiger partial charge in [0.25, 0.3) is 0 Å². The van der Waals surface area contributed by atoms with Crippen LogP contribution in [0.25, 0.3) is 0 Å². The lowest BCUT2D eigenvalue weighted by Crippen LogP contribution is -2.25. The summed E-state index contributed by atoms with van der Waals surface area (Å²) in [6.07, 6.45) is 3.64. The lowest BCUT2D eigenvalue weighted by atomic mass is 10.2. The van der Waals surface area contributed by atoms with Crippen molar-refractivity contribution in [2.24, 2.45) is 0 Å². The first-order valence-corrected chi connectivity index (χ1v) is 9.94. The van der Waals surface area contributed by atoms with Crippen molar-refractivity contribution in [3.8, 4) is 6.07 Å². The van der Waals surface area contributed by atoms with E-state index in [0.717, 1.165) is 36.1 Å². The van der Waals surface area contributed by atoms with Crippen molar-refractivity contribution in [1.29, 1.82) is 5.26 Å². The van der Waals surface area contributed by atoms with Gasteiger partial charge in [-0.25, -0.2) is 4.98 Å². The second-order valence-electron chi connectivity index (χ2n) is 6.33. The molecule has 0 spiro atoms. The van der Waals surface area contributed by atoms with E-state index in [9.17, 15) is 10.1 Å². The van der Waals surface area contributed by atoms with E-state index >= 15 is 0 Å². The Morgan fingerprint density at radius 3 is 3.00 bits per heavy atom. The zero-order chi connectivity index (χ0) is 18.7. The number of nitriles is 1. The van der Waals surface area contributed by atoms with E-state index in [1.54, 1.807) is 6.07 Å². The van der Waals surface area contributed by atoms with Gasteiger partial charge in [-0.2, -0.15) is 5.26 Å². The molecule has 1 aliphatic carbocycles. The molecule has 1 atom stereocenters. The Balaban J connectivity index is 1.80. The predicted octanol–water partition coefficient (Wildman–Crippen LogP) is 4.91. The molecule has 1 aromatic carbocycles. The average molecular weight is 386 g/mol. The van der Waals surface area contributed by atoms with Crippen LogP contribution in [0.15, 0.2) is 29.3 Å². The van der Waals surface area contributed by atoms with Gasteiger partial charge >= 0.3 is 0 Å². The molecular formula is C20H20ClN3OS. The smallest absolute Gasteiger partial charge is 0.237 e. The molecule has 0 radical (unpaired) electrons. The zero-order valence-electron chi connectivity index (χ0n) is 14.8. The van der Waals surface area contributed by atoms with Gasteiger partial charge in [0.05, 0.1) is 10.8 Å². The molecule has 2 aromatic rings. The number of carbonyl (C=O) groups excluding carboxylic acids is 1. The number of halogens is 1. The summed E-state index contributed by atoms with van der Waals surface area (Å²) in [4.78, 5) is 17.4. The molecule has 6 heteroatoms. The maximum absolute atomic E-state index is 12.8. The summed E-state index contributed by atoms with van der Waals surface area (Å²) in [5.74, 6) is -0.103. The molecule has 134 valence electrons. The van der Waals surface area contributed by atoms with Crippen LogP contribution in [0.5, 0.6) is 0 Å². The number of carbonyl (C=O) groups is 1. The van der Waals surface area contributed by atoms with Crippen LogP contribution in [0.4, 0.5) is 5.69 Å². The summed E-state index contributed by atoms with van der Waals surface area (Å²) >= 11 is 7.50. The van der Waals surface area contributed by atoms with Crippen LogP contribution in [-0.2, 0) is 17.6 Å². The van der Waals surface area contributed by atoms with Crippen molar-refractivity contribution < 1.29 is 4.79 Å². The first-order valence-electron chi connectivity index (χ1n) is 8.69. The minimum Gasteiger partial charge on any atom is -0.325 e. The van der Waals surface area contributed by atoms with E-state index in [2.05, 4.69) is 16.4 Å². The summed E-state index contributed by atoms with van der Waals surface area (Å²) in [5, 5.41) is 13.4. The Morgan fingerprint density at radius 2 is 2.27 bits per heavy atom. The van der Waals surface area contributed by atoms with Crippen molar-refractivity contribution in [3.05, 3.63) is 51.7 Å². The molecule has 1 unspecified atom stereocenters. The molecule has 0 fully saturated rings. The number of rotatable bonds is 5. The second kappa shape index (κ2) is 8.11. The van der Waals surface area contributed by atoms with E-state index in [0.29, 0.717) is 27.7 Å². The van der Waals surface area contributed by atoms with E-state index in [4.69, 9.17) is 11.6 Å². The Kier molecular flexibility index (Phi) is 5.85. The van der Waals surface area contributed by atoms with Crippen LogP contribution in [-0.4, -0.2) is 16.1 Å². The van der Waals surface area contributed by atoms with Crippen molar-refractivity contribution in [2.45, 2.75) is 49.8 Å². The molecule has 3 rings (SSSR count). The minimum absolute atomic E-state index is 0.103. The summed E-state index contributed by atoms with van der Waals surface area (Å²) in [5.41, 5.74) is 4.34. The number of fused-ring (bicyclic) bond motifs is 1. The Hall–Kier alpha value is -2.03. The number of nitrogens with one attached hydrogen (secondary N) is 1. The van der Waals surface area contributed by atoms with Gasteiger partial charge < -0.3 is 5.32 Å². The van der Waals surface area contributed by atoms with E-state index < -0.39 is 0 Å². The summed E-state index contributed by atoms with van der Waals surface area (Å²) in [6.45, 7) is 3.84. The highest BCUT2D eigenvalue weighted by Gasteiger charge is 2.23. The van der Waals surface area contributed by atoms with Crippen LogP contribution in [0.1, 0.15) is 42.1 Å². The molecule has 1 amide bonds. The number of pyridine rings is 1. The first kappa shape index (κ1) is 18.8. The van der Waals surface area contributed by atoms with Gasteiger partial charge in [0, 0.05) is 16.4 Å². The fourth-order valence-corrected chi connectivity index (χ4v) is 4.21. The summed E-state index contributed by atoms with van der Waals surface area (Å²) in [6, 6.07) is 9.61. The molecule has 0 aliphatic heterocycles. The highest BCUT2D eigenvalue weighted by molar-refractivity contribution is 8.00. The van der Waals surface area contributed by atoms with Crippen molar-refractivity contribution >= 4 is 35.0 Å². The standard InChI is InChI=1S/C20H20ClN3OS/c1-3-18(19(25)23-16-8-5-7-15(21)12(16)2)26-20-14(11-22)10-13-6-4-9-17(13)24-20/h5,7-8,10,18H,3-4,6,9H2,1-2H3,(H,23,25). The third-order valence-corrected chi connectivity index (χ3v) is 6.35. The Bertz CT molecular complexity index is 891. The quantitative estimate of drug-likeness (QED) is 0.742. The highest BCUT2D eigenvalue weighted by Crippen LogP contribution is 2.32. The summed E-state index contributed by atoms with van der Waals surface area (Å²) < 4.78 is 0. The molecule has 1 N–H and O–H groups in total. The molecule has 26 heavy (non-hydrogen) atoms. The number of aryl methyl sites for hydroxylation is 2. The number of thioether (sulfide) groups is 1. The topological polar surface area (TPSA) is 65.8 Å². The summed E-state index contributed by atoms with van der Waals surface area (Å²) in [7, 11) is 0. The van der Waals surface area contributed by atoms with Gasteiger partial charge in [-0.15, -0.1) is 0 Å². The average Bonchev–Trinajstić information content (AvgIpc) is 3.09. The first-order chi connectivity index (χ1) is 12.5. The molecule has 0 saturated carbocycles. The van der Waals surface area contributed by atoms with Crippen LogP contribution in [0.2, 0.25) is 5.02 Å². The fourth-order valence-electron chi connectivity index (χ4n) is 3.04. The molecular weight excluding hydrogens is 366 g/mol. The van der Waals surface area contributed by atoms with Gasteiger partial charge in [-0.3, -0.25) is 4.79 Å². The normalized spacial score (nSPS) is 13.8. The van der Waals surface area contributed by atoms with Crippen LogP contribution in [0, 0.1) is 18.3 Å². The van der Waals surface area contributed by atoms with Gasteiger partial charge in [-0.1, -0.05) is 36.4 Å². The van der Waals surface area contributed by atoms with Crippen molar-refractivity contribution in [3.63, 3.8) is 0 Å². The molecule has 1 heterocycles. The van der Waals surface area contributed by atoms with Gasteiger partial charge in [0.15, 0.2) is 0 Å². The maximum Gasteiger partial charge on any atom is 0.237 e. The molecule has 1 aliphatic rings. The number of aromatic nitrogens is 1. The van der Waals surface area contributed by atoms with Gasteiger partial charge in [-0.05, 0) is 61.9 Å². The lowest BCUT2D eigenvalue weighted by Gasteiger charge is -2.17. The zero-order valence-corrected chi connectivity index (χ0v) is 16.4. The number of amides is 1. The number of benzene rings is 1. The van der Waals surface area contributed by atoms with Crippen molar-refractivity contribution in [2.75, 3.05) is 5.32 Å². The second-order valence-corrected chi connectivity index (χ2v) is 7.93. The third-order valence-electron chi connectivity index (χ3n) is 4.58. The van der Waals surface area contributed by atoms with E-state index in [1.165, 1.54) is 11.8 Å². The molecule has 0 bridgehead atoms. The highest BCUT2D eigenvalue weighted by atomic mass is 35.5. The fraction of sp³-hybridized carbons (Fsp3) is 0.350. The van der Waals surface area contributed by atoms with Crippen LogP contribution >= 0.6 is 23.4 Å². The van der Waals surface area contributed by atoms with Gasteiger partial charge in [0.1, 0.15) is 11.1 Å². The van der Waals surface area contributed by atoms with E-state index in [1.807, 2.05) is 32.0 Å². The monoisotopic (exact) mass is 385 g/mol. The number of nitrogens with zero attached hydrogens (tertiary/aromatic N) is 2. The third kappa shape index (κ3) is 3.87. The predicted molar refractivity (Wildman–Crippen MR) is 106 cm³/mol. The minimum atomic E-state index is -0.326. The maximum atomic E-state index is 12.8. The van der Waals surface area contributed by atoms with Gasteiger partial charge in [0.2, 0.25) is 5.91 Å². The molecule has 1 aromatic heterocycles. The van der Waals surface area contributed by atoms with Crippen molar-refractivity contribution in [1.82, 2.24) is 4.98 Å². The largest absolute Gasteiger partial charge is 0.325 e. The SMILES string of the molecule is CCC(Sc1nc2c(cc1C#N)CCC2)C(=O)Nc1cccc(Cl)c1C. The Morgan fingerprint density at radius 1 is 1.46 bits per heavy atom. The Labute approximate surface area is 163 Å². The number of hydrogen-bond donors (Lipinski definition) is 1. The number of hydrogen-bond acceptors (Lipinski definition) is 4. The lowest BCUT2D eigenvalue weighted by molar-refractivity contribution is -0.115. The number of anilines is 1. The van der Waals surface area contributed by atoms with E-state index in [-0.39, 0.29) is 11.2 Å². The van der Waals surface area contributed by atoms with Crippen LogP contribution < -0.4 is 5.32 Å².